The molecule has 0 saturated carbocycles. The fraction of sp³-hybridized carbons (Fsp3) is 0.0714. The Bertz CT molecular complexity index is 743. The standard InChI is InChI=1S/C14H9BrClFN2/c1-8-4-14-18-13(7-19(14)6-11(8)15)10-3-2-9(17)5-12(10)16/h2-7H,1H3. The Morgan fingerprint density at radius 1 is 1.26 bits per heavy atom. The van der Waals surface area contributed by atoms with Crippen LogP contribution in [0.5, 0.6) is 0 Å². The summed E-state index contributed by atoms with van der Waals surface area (Å²) < 4.78 is 16.0. The van der Waals surface area contributed by atoms with Crippen LogP contribution in [0.3, 0.4) is 0 Å². The Morgan fingerprint density at radius 3 is 2.79 bits per heavy atom. The van der Waals surface area contributed by atoms with Crippen molar-refractivity contribution in [1.29, 1.82) is 0 Å². The predicted molar refractivity (Wildman–Crippen MR) is 78.0 cm³/mol. The van der Waals surface area contributed by atoms with E-state index in [2.05, 4.69) is 20.9 Å². The highest BCUT2D eigenvalue weighted by molar-refractivity contribution is 9.10. The van der Waals surface area contributed by atoms with E-state index >= 15 is 0 Å². The van der Waals surface area contributed by atoms with E-state index in [0.29, 0.717) is 5.02 Å². The fourth-order valence-electron chi connectivity index (χ4n) is 1.93. The van der Waals surface area contributed by atoms with E-state index in [-0.39, 0.29) is 5.82 Å². The highest BCUT2D eigenvalue weighted by Gasteiger charge is 2.10. The minimum atomic E-state index is -0.351. The lowest BCUT2D eigenvalue weighted by Gasteiger charge is -1.99. The number of pyridine rings is 1. The first kappa shape index (κ1) is 12.6. The maximum Gasteiger partial charge on any atom is 0.137 e. The van der Waals surface area contributed by atoms with Crippen molar-refractivity contribution >= 4 is 33.2 Å². The molecule has 0 aliphatic heterocycles. The number of benzene rings is 1. The van der Waals surface area contributed by atoms with E-state index in [4.69, 9.17) is 11.6 Å². The average Bonchev–Trinajstić information content (AvgIpc) is 2.72. The van der Waals surface area contributed by atoms with Crippen molar-refractivity contribution < 1.29 is 4.39 Å². The first-order valence-corrected chi connectivity index (χ1v) is 6.82. The van der Waals surface area contributed by atoms with Crippen molar-refractivity contribution in [3.05, 3.63) is 57.5 Å². The van der Waals surface area contributed by atoms with Crippen LogP contribution in [0, 0.1) is 12.7 Å². The topological polar surface area (TPSA) is 17.3 Å². The van der Waals surface area contributed by atoms with E-state index in [1.165, 1.54) is 12.1 Å². The molecule has 5 heteroatoms. The van der Waals surface area contributed by atoms with Gasteiger partial charge in [-0.2, -0.15) is 0 Å². The Hall–Kier alpha value is -1.39. The van der Waals surface area contributed by atoms with Crippen LogP contribution >= 0.6 is 27.5 Å². The van der Waals surface area contributed by atoms with Crippen molar-refractivity contribution in [1.82, 2.24) is 9.38 Å². The maximum atomic E-state index is 13.1. The molecule has 0 saturated heterocycles. The second-order valence-corrected chi connectivity index (χ2v) is 5.58. The van der Waals surface area contributed by atoms with E-state index in [0.717, 1.165) is 26.9 Å². The number of fused-ring (bicyclic) bond motifs is 1. The molecule has 19 heavy (non-hydrogen) atoms. The van der Waals surface area contributed by atoms with Gasteiger partial charge >= 0.3 is 0 Å². The molecular formula is C14H9BrClFN2. The van der Waals surface area contributed by atoms with Gasteiger partial charge in [0, 0.05) is 22.4 Å². The van der Waals surface area contributed by atoms with Crippen LogP contribution < -0.4 is 0 Å². The van der Waals surface area contributed by atoms with Crippen LogP contribution in [0.1, 0.15) is 5.56 Å². The lowest BCUT2D eigenvalue weighted by molar-refractivity contribution is 0.628. The van der Waals surface area contributed by atoms with Crippen LogP contribution in [-0.4, -0.2) is 9.38 Å². The Balaban J connectivity index is 2.20. The summed E-state index contributed by atoms with van der Waals surface area (Å²) in [7, 11) is 0. The third-order valence-corrected chi connectivity index (χ3v) is 4.09. The molecule has 0 amide bonds. The lowest BCUT2D eigenvalue weighted by atomic mass is 10.2. The third-order valence-electron chi connectivity index (χ3n) is 2.94. The molecule has 0 spiro atoms. The van der Waals surface area contributed by atoms with Crippen LogP contribution in [0.15, 0.2) is 41.1 Å². The fourth-order valence-corrected chi connectivity index (χ4v) is 2.53. The monoisotopic (exact) mass is 338 g/mol. The van der Waals surface area contributed by atoms with Gasteiger partial charge in [-0.1, -0.05) is 11.6 Å². The number of aryl methyl sites for hydroxylation is 1. The quantitative estimate of drug-likeness (QED) is 0.618. The van der Waals surface area contributed by atoms with E-state index in [1.807, 2.05) is 29.8 Å². The van der Waals surface area contributed by atoms with Crippen LogP contribution in [-0.2, 0) is 0 Å². The molecule has 0 N–H and O–H groups in total. The van der Waals surface area contributed by atoms with Gasteiger partial charge in [-0.05, 0) is 52.7 Å². The van der Waals surface area contributed by atoms with Crippen molar-refractivity contribution in [2.45, 2.75) is 6.92 Å². The van der Waals surface area contributed by atoms with E-state index in [1.54, 1.807) is 6.07 Å². The highest BCUT2D eigenvalue weighted by Crippen LogP contribution is 2.29. The number of rotatable bonds is 1. The number of hydrogen-bond donors (Lipinski definition) is 0. The summed E-state index contributed by atoms with van der Waals surface area (Å²) >= 11 is 9.54. The maximum absolute atomic E-state index is 13.1. The van der Waals surface area contributed by atoms with Crippen LogP contribution in [0.25, 0.3) is 16.9 Å². The Labute approximate surface area is 123 Å². The SMILES string of the molecule is Cc1cc2nc(-c3ccc(F)cc3Cl)cn2cc1Br. The van der Waals surface area contributed by atoms with Gasteiger partial charge in [-0.3, -0.25) is 0 Å². The molecule has 0 radical (unpaired) electrons. The van der Waals surface area contributed by atoms with Gasteiger partial charge in [0.2, 0.25) is 0 Å². The van der Waals surface area contributed by atoms with Gasteiger partial charge < -0.3 is 4.40 Å². The first-order valence-electron chi connectivity index (χ1n) is 5.65. The molecule has 96 valence electrons. The molecule has 2 heterocycles. The molecule has 2 nitrogen and oxygen atoms in total. The highest BCUT2D eigenvalue weighted by atomic mass is 79.9. The minimum Gasteiger partial charge on any atom is -0.305 e. The summed E-state index contributed by atoms with van der Waals surface area (Å²) in [5, 5.41) is 0.360. The molecule has 1 aromatic carbocycles. The van der Waals surface area contributed by atoms with Crippen molar-refractivity contribution in [3.63, 3.8) is 0 Å². The first-order chi connectivity index (χ1) is 9.04. The second kappa shape index (κ2) is 4.62. The average molecular weight is 340 g/mol. The minimum absolute atomic E-state index is 0.351. The molecule has 0 aliphatic rings. The smallest absolute Gasteiger partial charge is 0.137 e. The van der Waals surface area contributed by atoms with Crippen LogP contribution in [0.4, 0.5) is 4.39 Å². The number of aromatic nitrogens is 2. The van der Waals surface area contributed by atoms with Gasteiger partial charge in [0.25, 0.3) is 0 Å². The summed E-state index contributed by atoms with van der Waals surface area (Å²) in [6.07, 6.45) is 3.82. The van der Waals surface area contributed by atoms with Gasteiger partial charge in [0.1, 0.15) is 11.5 Å². The van der Waals surface area contributed by atoms with Gasteiger partial charge in [0.05, 0.1) is 10.7 Å². The summed E-state index contributed by atoms with van der Waals surface area (Å²) in [5.74, 6) is -0.351. The lowest BCUT2D eigenvalue weighted by Crippen LogP contribution is -1.85. The normalized spacial score (nSPS) is 11.2. The molecule has 0 bridgehead atoms. The van der Waals surface area contributed by atoms with Crippen molar-refractivity contribution in [2.75, 3.05) is 0 Å². The molecule has 0 atom stereocenters. The van der Waals surface area contributed by atoms with E-state index in [9.17, 15) is 4.39 Å². The second-order valence-electron chi connectivity index (χ2n) is 4.32. The van der Waals surface area contributed by atoms with Crippen molar-refractivity contribution in [3.8, 4) is 11.3 Å². The molecule has 0 fully saturated rings. The van der Waals surface area contributed by atoms with Crippen molar-refractivity contribution in [2.24, 2.45) is 0 Å². The third kappa shape index (κ3) is 2.26. The zero-order chi connectivity index (χ0) is 13.6. The van der Waals surface area contributed by atoms with Gasteiger partial charge in [0.15, 0.2) is 0 Å². The molecule has 2 aromatic heterocycles. The molecular weight excluding hydrogens is 331 g/mol. The predicted octanol–water partition coefficient (Wildman–Crippen LogP) is 4.86. The number of nitrogens with zero attached hydrogens (tertiary/aromatic N) is 2. The Kier molecular flexibility index (Phi) is 3.07. The van der Waals surface area contributed by atoms with Gasteiger partial charge in [-0.25, -0.2) is 9.37 Å². The summed E-state index contributed by atoms with van der Waals surface area (Å²) in [5.41, 5.74) is 3.38. The summed E-state index contributed by atoms with van der Waals surface area (Å²) in [6, 6.07) is 6.29. The Morgan fingerprint density at radius 2 is 2.05 bits per heavy atom. The molecule has 3 aromatic rings. The summed E-state index contributed by atoms with van der Waals surface area (Å²) in [4.78, 5) is 4.51. The van der Waals surface area contributed by atoms with E-state index < -0.39 is 0 Å². The molecule has 0 unspecified atom stereocenters. The number of imidazole rings is 1. The summed E-state index contributed by atoms with van der Waals surface area (Å²) in [6.45, 7) is 2.00. The van der Waals surface area contributed by atoms with Crippen LogP contribution in [0.2, 0.25) is 5.02 Å². The number of halogens is 3. The number of hydrogen-bond acceptors (Lipinski definition) is 1. The zero-order valence-corrected chi connectivity index (χ0v) is 12.3. The molecule has 0 aliphatic carbocycles. The van der Waals surface area contributed by atoms with Gasteiger partial charge in [-0.15, -0.1) is 0 Å². The largest absolute Gasteiger partial charge is 0.305 e. The zero-order valence-electron chi connectivity index (χ0n) is 9.99. The molecule has 3 rings (SSSR count).